The van der Waals surface area contributed by atoms with E-state index < -0.39 is 5.97 Å². The average Bonchev–Trinajstić information content (AvgIpc) is 2.78. The number of hydrogen-bond donors (Lipinski definition) is 3. The highest BCUT2D eigenvalue weighted by Gasteiger charge is 2.12. The molecular formula is C12H8Br2N2O3. The Kier molecular flexibility index (Phi) is 4.06. The molecule has 7 heteroatoms. The normalized spacial score (nSPS) is 10.2. The van der Waals surface area contributed by atoms with Crippen LogP contribution in [0.3, 0.4) is 0 Å². The minimum absolute atomic E-state index is 0.103. The van der Waals surface area contributed by atoms with Crippen molar-refractivity contribution in [3.63, 3.8) is 0 Å². The summed E-state index contributed by atoms with van der Waals surface area (Å²) in [7, 11) is 0. The molecule has 0 fully saturated rings. The highest BCUT2D eigenvalue weighted by molar-refractivity contribution is 9.10. The maximum atomic E-state index is 11.9. The number of carbonyl (C=O) groups is 2. The third-order valence-electron chi connectivity index (χ3n) is 2.35. The number of anilines is 1. The van der Waals surface area contributed by atoms with Crippen LogP contribution < -0.4 is 5.32 Å². The van der Waals surface area contributed by atoms with Gasteiger partial charge in [-0.05, 0) is 56.1 Å². The van der Waals surface area contributed by atoms with Gasteiger partial charge in [0, 0.05) is 15.1 Å². The maximum Gasteiger partial charge on any atom is 0.335 e. The average molecular weight is 388 g/mol. The molecule has 0 saturated carbocycles. The molecular weight excluding hydrogens is 380 g/mol. The van der Waals surface area contributed by atoms with Crippen LogP contribution in [0.1, 0.15) is 20.8 Å². The Morgan fingerprint density at radius 1 is 1.21 bits per heavy atom. The Morgan fingerprint density at radius 3 is 2.53 bits per heavy atom. The third kappa shape index (κ3) is 3.24. The molecule has 0 spiro atoms. The van der Waals surface area contributed by atoms with Crippen LogP contribution in [0, 0.1) is 0 Å². The molecule has 0 saturated heterocycles. The Balaban J connectivity index is 2.25. The number of aromatic amines is 1. The zero-order valence-corrected chi connectivity index (χ0v) is 12.6. The SMILES string of the molecule is O=C(O)c1ccc(Br)c(NC(=O)c2cc(Br)c[nH]2)c1. The summed E-state index contributed by atoms with van der Waals surface area (Å²) in [6, 6.07) is 6.05. The van der Waals surface area contributed by atoms with Gasteiger partial charge in [-0.1, -0.05) is 0 Å². The summed E-state index contributed by atoms with van der Waals surface area (Å²) in [5.41, 5.74) is 0.876. The van der Waals surface area contributed by atoms with Crippen LogP contribution >= 0.6 is 31.9 Å². The molecule has 0 aliphatic heterocycles. The van der Waals surface area contributed by atoms with Crippen molar-refractivity contribution in [1.82, 2.24) is 4.98 Å². The number of H-pyrrole nitrogens is 1. The van der Waals surface area contributed by atoms with Gasteiger partial charge in [0.05, 0.1) is 11.3 Å². The molecule has 2 rings (SSSR count). The number of carboxylic acid groups (broad SMARTS) is 1. The molecule has 1 aromatic carbocycles. The van der Waals surface area contributed by atoms with Crippen molar-refractivity contribution in [2.45, 2.75) is 0 Å². The quantitative estimate of drug-likeness (QED) is 0.753. The minimum Gasteiger partial charge on any atom is -0.478 e. The molecule has 0 aliphatic rings. The second-order valence-electron chi connectivity index (χ2n) is 3.69. The van der Waals surface area contributed by atoms with Crippen molar-refractivity contribution in [1.29, 1.82) is 0 Å². The summed E-state index contributed by atoms with van der Waals surface area (Å²) in [5.74, 6) is -1.40. The summed E-state index contributed by atoms with van der Waals surface area (Å²) >= 11 is 6.49. The summed E-state index contributed by atoms with van der Waals surface area (Å²) in [4.78, 5) is 25.6. The number of rotatable bonds is 3. The molecule has 1 heterocycles. The summed E-state index contributed by atoms with van der Waals surface area (Å²) < 4.78 is 1.37. The monoisotopic (exact) mass is 386 g/mol. The number of carbonyl (C=O) groups excluding carboxylic acids is 1. The lowest BCUT2D eigenvalue weighted by molar-refractivity contribution is 0.0696. The summed E-state index contributed by atoms with van der Waals surface area (Å²) in [6.07, 6.45) is 1.64. The predicted molar refractivity (Wildman–Crippen MR) is 77.5 cm³/mol. The van der Waals surface area contributed by atoms with Gasteiger partial charge < -0.3 is 15.4 Å². The van der Waals surface area contributed by atoms with Crippen LogP contribution in [0.25, 0.3) is 0 Å². The van der Waals surface area contributed by atoms with Crippen molar-refractivity contribution in [3.05, 3.63) is 50.7 Å². The molecule has 0 aliphatic carbocycles. The summed E-state index contributed by atoms with van der Waals surface area (Å²) in [5, 5.41) is 11.5. The molecule has 98 valence electrons. The number of halogens is 2. The first-order chi connectivity index (χ1) is 8.97. The number of carboxylic acids is 1. The number of hydrogen-bond acceptors (Lipinski definition) is 2. The fraction of sp³-hybridized carbons (Fsp3) is 0. The fourth-order valence-corrected chi connectivity index (χ4v) is 2.13. The van der Waals surface area contributed by atoms with E-state index in [9.17, 15) is 9.59 Å². The molecule has 1 amide bonds. The van der Waals surface area contributed by atoms with E-state index in [1.807, 2.05) is 0 Å². The first-order valence-corrected chi connectivity index (χ1v) is 6.74. The van der Waals surface area contributed by atoms with E-state index in [2.05, 4.69) is 42.2 Å². The van der Waals surface area contributed by atoms with Crippen LogP contribution in [-0.2, 0) is 0 Å². The van der Waals surface area contributed by atoms with E-state index in [1.54, 1.807) is 18.3 Å². The zero-order valence-electron chi connectivity index (χ0n) is 9.41. The van der Waals surface area contributed by atoms with Crippen molar-refractivity contribution in [2.24, 2.45) is 0 Å². The molecule has 3 N–H and O–H groups in total. The lowest BCUT2D eigenvalue weighted by Gasteiger charge is -2.07. The predicted octanol–water partition coefficient (Wildman–Crippen LogP) is 3.49. The Labute approximate surface area is 125 Å². The number of amides is 1. The second kappa shape index (κ2) is 5.58. The molecule has 2 aromatic rings. The van der Waals surface area contributed by atoms with Crippen molar-refractivity contribution in [3.8, 4) is 0 Å². The number of aromatic nitrogens is 1. The van der Waals surface area contributed by atoms with Gasteiger partial charge in [0.15, 0.2) is 0 Å². The Hall–Kier alpha value is -1.60. The van der Waals surface area contributed by atoms with Gasteiger partial charge >= 0.3 is 5.97 Å². The molecule has 1 aromatic heterocycles. The first-order valence-electron chi connectivity index (χ1n) is 5.15. The van der Waals surface area contributed by atoms with Crippen LogP contribution in [0.15, 0.2) is 39.4 Å². The minimum atomic E-state index is -1.05. The standard InChI is InChI=1S/C12H8Br2N2O3/c13-7-4-10(15-5-7)11(17)16-9-3-6(12(18)19)1-2-8(9)14/h1-5,15H,(H,16,17)(H,18,19). The third-order valence-corrected chi connectivity index (χ3v) is 3.50. The van der Waals surface area contributed by atoms with Gasteiger partial charge in [-0.15, -0.1) is 0 Å². The van der Waals surface area contributed by atoms with Gasteiger partial charge in [0.2, 0.25) is 0 Å². The molecule has 0 unspecified atom stereocenters. The van der Waals surface area contributed by atoms with E-state index >= 15 is 0 Å². The highest BCUT2D eigenvalue weighted by atomic mass is 79.9. The first kappa shape index (κ1) is 13.8. The molecule has 19 heavy (non-hydrogen) atoms. The number of benzene rings is 1. The van der Waals surface area contributed by atoms with E-state index in [-0.39, 0.29) is 11.5 Å². The molecule has 0 radical (unpaired) electrons. The molecule has 0 bridgehead atoms. The van der Waals surface area contributed by atoms with Gasteiger partial charge in [0.25, 0.3) is 5.91 Å². The van der Waals surface area contributed by atoms with Crippen LogP contribution in [-0.4, -0.2) is 22.0 Å². The van der Waals surface area contributed by atoms with Crippen LogP contribution in [0.5, 0.6) is 0 Å². The topological polar surface area (TPSA) is 82.2 Å². The maximum absolute atomic E-state index is 11.9. The largest absolute Gasteiger partial charge is 0.478 e. The smallest absolute Gasteiger partial charge is 0.335 e. The van der Waals surface area contributed by atoms with E-state index in [0.29, 0.717) is 15.9 Å². The van der Waals surface area contributed by atoms with Gasteiger partial charge in [-0.2, -0.15) is 0 Å². The zero-order chi connectivity index (χ0) is 14.0. The van der Waals surface area contributed by atoms with Crippen LogP contribution in [0.4, 0.5) is 5.69 Å². The van der Waals surface area contributed by atoms with Crippen LogP contribution in [0.2, 0.25) is 0 Å². The summed E-state index contributed by atoms with van der Waals surface area (Å²) in [6.45, 7) is 0. The van der Waals surface area contributed by atoms with Crippen molar-refractivity contribution >= 4 is 49.4 Å². The van der Waals surface area contributed by atoms with Gasteiger partial charge in [0.1, 0.15) is 5.69 Å². The highest BCUT2D eigenvalue weighted by Crippen LogP contribution is 2.24. The van der Waals surface area contributed by atoms with Crippen molar-refractivity contribution in [2.75, 3.05) is 5.32 Å². The number of aromatic carboxylic acids is 1. The number of nitrogens with one attached hydrogen (secondary N) is 2. The molecule has 5 nitrogen and oxygen atoms in total. The van der Waals surface area contributed by atoms with Gasteiger partial charge in [-0.3, -0.25) is 4.79 Å². The van der Waals surface area contributed by atoms with E-state index in [4.69, 9.17) is 5.11 Å². The Bertz CT molecular complexity index is 652. The van der Waals surface area contributed by atoms with Crippen molar-refractivity contribution < 1.29 is 14.7 Å². The fourth-order valence-electron chi connectivity index (χ4n) is 1.44. The lowest BCUT2D eigenvalue weighted by Crippen LogP contribution is -2.13. The van der Waals surface area contributed by atoms with E-state index in [1.165, 1.54) is 12.1 Å². The van der Waals surface area contributed by atoms with E-state index in [0.717, 1.165) is 4.47 Å². The second-order valence-corrected chi connectivity index (χ2v) is 5.46. The molecule has 0 atom stereocenters. The van der Waals surface area contributed by atoms with Gasteiger partial charge in [-0.25, -0.2) is 4.79 Å². The Morgan fingerprint density at radius 2 is 1.95 bits per heavy atom. The lowest BCUT2D eigenvalue weighted by atomic mass is 10.2.